The second-order valence-corrected chi connectivity index (χ2v) is 4.39. The van der Waals surface area contributed by atoms with Crippen molar-refractivity contribution in [1.82, 2.24) is 0 Å². The first-order chi connectivity index (χ1) is 6.92. The van der Waals surface area contributed by atoms with Crippen LogP contribution in [-0.2, 0) is 9.47 Å². The third-order valence-corrected chi connectivity index (χ3v) is 3.11. The standard InChI is InChI=1S/C12H16O2/c1-2-4-10(6-12-8-14-12)9(3-1)5-11-7-13-11/h1,3,11-12H,2,4-8H2. The van der Waals surface area contributed by atoms with Crippen LogP contribution in [0.3, 0.4) is 0 Å². The summed E-state index contributed by atoms with van der Waals surface area (Å²) in [5.74, 6) is 0. The van der Waals surface area contributed by atoms with E-state index in [-0.39, 0.29) is 0 Å². The zero-order valence-electron chi connectivity index (χ0n) is 8.37. The second kappa shape index (κ2) is 3.52. The van der Waals surface area contributed by atoms with Crippen molar-refractivity contribution in [2.45, 2.75) is 37.9 Å². The number of hydrogen-bond acceptors (Lipinski definition) is 2. The van der Waals surface area contributed by atoms with Gasteiger partial charge in [0, 0.05) is 6.42 Å². The van der Waals surface area contributed by atoms with E-state index in [1.807, 2.05) is 0 Å². The van der Waals surface area contributed by atoms with Crippen LogP contribution in [0.4, 0.5) is 0 Å². The molecule has 2 aliphatic heterocycles. The molecule has 2 fully saturated rings. The largest absolute Gasteiger partial charge is 0.373 e. The normalized spacial score (nSPS) is 34.9. The van der Waals surface area contributed by atoms with Gasteiger partial charge < -0.3 is 9.47 Å². The zero-order chi connectivity index (χ0) is 9.38. The highest BCUT2D eigenvalue weighted by molar-refractivity contribution is 5.31. The van der Waals surface area contributed by atoms with Gasteiger partial charge in [0.25, 0.3) is 0 Å². The lowest BCUT2D eigenvalue weighted by molar-refractivity contribution is 0.400. The average molecular weight is 192 g/mol. The predicted molar refractivity (Wildman–Crippen MR) is 54.1 cm³/mol. The Bertz CT molecular complexity index is 283. The van der Waals surface area contributed by atoms with Crippen LogP contribution in [0, 0.1) is 0 Å². The van der Waals surface area contributed by atoms with Crippen molar-refractivity contribution < 1.29 is 9.47 Å². The van der Waals surface area contributed by atoms with Gasteiger partial charge in [-0.25, -0.2) is 0 Å². The fraction of sp³-hybridized carbons (Fsp3) is 0.667. The van der Waals surface area contributed by atoms with E-state index in [9.17, 15) is 0 Å². The lowest BCUT2D eigenvalue weighted by Gasteiger charge is -2.14. The molecule has 2 unspecified atom stereocenters. The van der Waals surface area contributed by atoms with Gasteiger partial charge in [0.05, 0.1) is 25.4 Å². The quantitative estimate of drug-likeness (QED) is 0.638. The molecule has 2 heteroatoms. The van der Waals surface area contributed by atoms with Crippen LogP contribution in [0.1, 0.15) is 25.7 Å². The zero-order valence-corrected chi connectivity index (χ0v) is 8.37. The minimum atomic E-state index is 0.517. The van der Waals surface area contributed by atoms with E-state index in [1.165, 1.54) is 18.4 Å². The van der Waals surface area contributed by atoms with Crippen LogP contribution in [0.5, 0.6) is 0 Å². The molecule has 3 rings (SSSR count). The molecule has 2 heterocycles. The van der Waals surface area contributed by atoms with E-state index in [2.05, 4.69) is 12.2 Å². The van der Waals surface area contributed by atoms with E-state index in [1.54, 1.807) is 5.57 Å². The van der Waals surface area contributed by atoms with E-state index >= 15 is 0 Å². The summed E-state index contributed by atoms with van der Waals surface area (Å²) < 4.78 is 10.6. The molecule has 0 amide bonds. The molecule has 0 bridgehead atoms. The minimum absolute atomic E-state index is 0.517. The molecule has 0 N–H and O–H groups in total. The Morgan fingerprint density at radius 2 is 1.86 bits per heavy atom. The lowest BCUT2D eigenvalue weighted by Crippen LogP contribution is -2.01. The molecule has 0 radical (unpaired) electrons. The summed E-state index contributed by atoms with van der Waals surface area (Å²) in [7, 11) is 0. The molecule has 0 saturated carbocycles. The Labute approximate surface area is 84.6 Å². The van der Waals surface area contributed by atoms with Crippen molar-refractivity contribution in [2.75, 3.05) is 13.2 Å². The fourth-order valence-corrected chi connectivity index (χ4v) is 2.10. The van der Waals surface area contributed by atoms with Crippen molar-refractivity contribution in [3.63, 3.8) is 0 Å². The van der Waals surface area contributed by atoms with E-state index < -0.39 is 0 Å². The molecule has 2 atom stereocenters. The Balaban J connectivity index is 1.70. The number of rotatable bonds is 4. The molecular weight excluding hydrogens is 176 g/mol. The Hall–Kier alpha value is -0.600. The van der Waals surface area contributed by atoms with Gasteiger partial charge in [-0.05, 0) is 24.8 Å². The SMILES string of the molecule is C1=CC(CC2CO2)=C(CC2CO2)CC1. The van der Waals surface area contributed by atoms with Crippen molar-refractivity contribution in [2.24, 2.45) is 0 Å². The van der Waals surface area contributed by atoms with E-state index in [0.717, 1.165) is 26.1 Å². The molecule has 76 valence electrons. The van der Waals surface area contributed by atoms with E-state index in [0.29, 0.717) is 12.2 Å². The first kappa shape index (κ1) is 8.69. The van der Waals surface area contributed by atoms with Gasteiger partial charge >= 0.3 is 0 Å². The highest BCUT2D eigenvalue weighted by atomic mass is 16.6. The van der Waals surface area contributed by atoms with Crippen molar-refractivity contribution in [3.8, 4) is 0 Å². The Morgan fingerprint density at radius 3 is 2.57 bits per heavy atom. The summed E-state index contributed by atoms with van der Waals surface area (Å²) in [5, 5.41) is 0. The molecule has 2 saturated heterocycles. The number of ether oxygens (including phenoxy) is 2. The topological polar surface area (TPSA) is 25.1 Å². The van der Waals surface area contributed by atoms with Gasteiger partial charge in [0.15, 0.2) is 0 Å². The first-order valence-electron chi connectivity index (χ1n) is 5.52. The average Bonchev–Trinajstić information content (AvgIpc) is 3.01. The van der Waals surface area contributed by atoms with Crippen LogP contribution in [0.25, 0.3) is 0 Å². The highest BCUT2D eigenvalue weighted by Gasteiger charge is 2.28. The molecule has 14 heavy (non-hydrogen) atoms. The molecule has 2 nitrogen and oxygen atoms in total. The summed E-state index contributed by atoms with van der Waals surface area (Å²) in [4.78, 5) is 0. The van der Waals surface area contributed by atoms with Gasteiger partial charge in [0.2, 0.25) is 0 Å². The third kappa shape index (κ3) is 2.07. The number of epoxide rings is 2. The van der Waals surface area contributed by atoms with Gasteiger partial charge in [-0.15, -0.1) is 0 Å². The first-order valence-corrected chi connectivity index (χ1v) is 5.52. The van der Waals surface area contributed by atoms with Crippen LogP contribution in [-0.4, -0.2) is 25.4 Å². The van der Waals surface area contributed by atoms with Crippen LogP contribution < -0.4 is 0 Å². The second-order valence-electron chi connectivity index (χ2n) is 4.39. The Kier molecular flexibility index (Phi) is 2.18. The molecule has 0 aromatic rings. The minimum Gasteiger partial charge on any atom is -0.373 e. The molecule has 0 aromatic heterocycles. The van der Waals surface area contributed by atoms with Gasteiger partial charge in [0.1, 0.15) is 0 Å². The summed E-state index contributed by atoms with van der Waals surface area (Å²) in [6.45, 7) is 1.94. The third-order valence-electron chi connectivity index (χ3n) is 3.11. The number of hydrogen-bond donors (Lipinski definition) is 0. The molecule has 0 spiro atoms. The maximum atomic E-state index is 5.29. The van der Waals surface area contributed by atoms with Crippen molar-refractivity contribution in [3.05, 3.63) is 23.3 Å². The molecule has 1 aliphatic carbocycles. The molecule has 0 aromatic carbocycles. The maximum absolute atomic E-state index is 5.29. The van der Waals surface area contributed by atoms with Gasteiger partial charge in [-0.3, -0.25) is 0 Å². The van der Waals surface area contributed by atoms with Gasteiger partial charge in [-0.2, -0.15) is 0 Å². The fourth-order valence-electron chi connectivity index (χ4n) is 2.10. The molecule has 3 aliphatic rings. The van der Waals surface area contributed by atoms with Crippen LogP contribution in [0.15, 0.2) is 23.3 Å². The number of allylic oxidation sites excluding steroid dienone is 2. The van der Waals surface area contributed by atoms with Crippen molar-refractivity contribution in [1.29, 1.82) is 0 Å². The van der Waals surface area contributed by atoms with Crippen LogP contribution in [0.2, 0.25) is 0 Å². The summed E-state index contributed by atoms with van der Waals surface area (Å²) in [6, 6.07) is 0. The van der Waals surface area contributed by atoms with Gasteiger partial charge in [-0.1, -0.05) is 17.7 Å². The van der Waals surface area contributed by atoms with Crippen molar-refractivity contribution >= 4 is 0 Å². The van der Waals surface area contributed by atoms with E-state index in [4.69, 9.17) is 9.47 Å². The highest BCUT2D eigenvalue weighted by Crippen LogP contribution is 2.32. The monoisotopic (exact) mass is 192 g/mol. The summed E-state index contributed by atoms with van der Waals surface area (Å²) >= 11 is 0. The summed E-state index contributed by atoms with van der Waals surface area (Å²) in [6.07, 6.45) is 10.4. The predicted octanol–water partition coefficient (Wildman–Crippen LogP) is 2.21. The maximum Gasteiger partial charge on any atom is 0.0850 e. The smallest absolute Gasteiger partial charge is 0.0850 e. The lowest BCUT2D eigenvalue weighted by atomic mass is 9.91. The van der Waals surface area contributed by atoms with Crippen LogP contribution >= 0.6 is 0 Å². The molecular formula is C12H16O2. The summed E-state index contributed by atoms with van der Waals surface area (Å²) in [5.41, 5.74) is 3.14. The Morgan fingerprint density at radius 1 is 1.14 bits per heavy atom.